The molecule has 0 spiro atoms. The highest BCUT2D eigenvalue weighted by atomic mass is 14.2. The van der Waals surface area contributed by atoms with Crippen molar-refractivity contribution in [2.45, 2.75) is 81.1 Å². The van der Waals surface area contributed by atoms with Crippen molar-refractivity contribution in [1.29, 1.82) is 0 Å². The van der Waals surface area contributed by atoms with Gasteiger partial charge >= 0.3 is 0 Å². The van der Waals surface area contributed by atoms with Crippen LogP contribution >= 0.6 is 0 Å². The maximum atomic E-state index is 2.42. The van der Waals surface area contributed by atoms with Gasteiger partial charge in [-0.3, -0.25) is 0 Å². The highest BCUT2D eigenvalue weighted by Gasteiger charge is 2.18. The molecule has 0 rings (SSSR count). The molecule has 0 fully saturated rings. The molecule has 0 aromatic carbocycles. The van der Waals surface area contributed by atoms with Crippen LogP contribution in [-0.4, -0.2) is 0 Å². The number of hydrogen-bond donors (Lipinski definition) is 0. The van der Waals surface area contributed by atoms with Crippen molar-refractivity contribution >= 4 is 0 Å². The molecule has 2 unspecified atom stereocenters. The molecule has 0 bridgehead atoms. The van der Waals surface area contributed by atoms with Crippen LogP contribution < -0.4 is 0 Å². The van der Waals surface area contributed by atoms with Crippen LogP contribution in [-0.2, 0) is 0 Å². The summed E-state index contributed by atoms with van der Waals surface area (Å²) < 4.78 is 0. The van der Waals surface area contributed by atoms with E-state index in [0.29, 0.717) is 10.8 Å². The monoisotopic (exact) mass is 226 g/mol. The molecule has 0 heteroatoms. The average molecular weight is 226 g/mol. The van der Waals surface area contributed by atoms with Crippen LogP contribution in [0.5, 0.6) is 0 Å². The molecule has 0 aliphatic rings. The van der Waals surface area contributed by atoms with Gasteiger partial charge in [-0.2, -0.15) is 0 Å². The Bertz CT molecular complexity index is 177. The van der Waals surface area contributed by atoms with Gasteiger partial charge in [0.05, 0.1) is 0 Å². The Morgan fingerprint density at radius 1 is 0.750 bits per heavy atom. The van der Waals surface area contributed by atoms with Crippen molar-refractivity contribution < 1.29 is 0 Å². The minimum absolute atomic E-state index is 0.489. The zero-order chi connectivity index (χ0) is 13.0. The van der Waals surface area contributed by atoms with Gasteiger partial charge in [-0.05, 0) is 41.9 Å². The van der Waals surface area contributed by atoms with Crippen LogP contribution in [0.2, 0.25) is 0 Å². The minimum atomic E-state index is 0.489. The fourth-order valence-electron chi connectivity index (χ4n) is 2.61. The second kappa shape index (κ2) is 6.07. The van der Waals surface area contributed by atoms with E-state index in [0.717, 1.165) is 11.8 Å². The van der Waals surface area contributed by atoms with E-state index in [4.69, 9.17) is 0 Å². The molecule has 0 aromatic heterocycles. The van der Waals surface area contributed by atoms with Crippen molar-refractivity contribution in [2.75, 3.05) is 0 Å². The minimum Gasteiger partial charge on any atom is -0.0625 e. The molecule has 0 aromatic rings. The predicted octanol–water partition coefficient (Wildman–Crippen LogP) is 5.91. The Morgan fingerprint density at radius 3 is 1.62 bits per heavy atom. The highest BCUT2D eigenvalue weighted by Crippen LogP contribution is 2.31. The summed E-state index contributed by atoms with van der Waals surface area (Å²) in [6.45, 7) is 18.9. The summed E-state index contributed by atoms with van der Waals surface area (Å²) in [5.74, 6) is 1.76. The molecule has 16 heavy (non-hydrogen) atoms. The SMILES string of the molecule is CC(CCC(C)(C)C)CC(C)CC(C)(C)C. The maximum Gasteiger partial charge on any atom is -0.0380 e. The van der Waals surface area contributed by atoms with E-state index in [-0.39, 0.29) is 0 Å². The Kier molecular flexibility index (Phi) is 6.07. The van der Waals surface area contributed by atoms with Crippen molar-refractivity contribution in [1.82, 2.24) is 0 Å². The van der Waals surface area contributed by atoms with E-state index in [1.807, 2.05) is 0 Å². The molecule has 0 N–H and O–H groups in total. The van der Waals surface area contributed by atoms with Crippen molar-refractivity contribution in [3.63, 3.8) is 0 Å². The second-order valence-corrected chi connectivity index (χ2v) is 8.31. The lowest BCUT2D eigenvalue weighted by Gasteiger charge is -2.26. The first-order chi connectivity index (χ1) is 6.99. The van der Waals surface area contributed by atoms with E-state index in [9.17, 15) is 0 Å². The average Bonchev–Trinajstić information content (AvgIpc) is 1.95. The molecule has 98 valence electrons. The standard InChI is InChI=1S/C16H34/c1-13(9-10-15(3,4)5)11-14(2)12-16(6,7)8/h13-14H,9-12H2,1-8H3. The third-order valence-corrected chi connectivity index (χ3v) is 3.15. The zero-order valence-electron chi connectivity index (χ0n) is 13.0. The van der Waals surface area contributed by atoms with Crippen LogP contribution in [0.25, 0.3) is 0 Å². The van der Waals surface area contributed by atoms with Gasteiger partial charge in [0.2, 0.25) is 0 Å². The van der Waals surface area contributed by atoms with Gasteiger partial charge in [0.1, 0.15) is 0 Å². The Labute approximate surface area is 104 Å². The van der Waals surface area contributed by atoms with Crippen LogP contribution in [0, 0.1) is 22.7 Å². The molecule has 2 atom stereocenters. The number of hydrogen-bond acceptors (Lipinski definition) is 0. The van der Waals surface area contributed by atoms with E-state index < -0.39 is 0 Å². The third-order valence-electron chi connectivity index (χ3n) is 3.15. The molecule has 0 radical (unpaired) electrons. The van der Waals surface area contributed by atoms with Gasteiger partial charge in [0.25, 0.3) is 0 Å². The van der Waals surface area contributed by atoms with Crippen molar-refractivity contribution in [2.24, 2.45) is 22.7 Å². The summed E-state index contributed by atoms with van der Waals surface area (Å²) >= 11 is 0. The molecule has 0 aliphatic carbocycles. The molecule has 0 amide bonds. The third kappa shape index (κ3) is 10.5. The van der Waals surface area contributed by atoms with Gasteiger partial charge in [0, 0.05) is 0 Å². The smallest absolute Gasteiger partial charge is 0.0380 e. The summed E-state index contributed by atoms with van der Waals surface area (Å²) in [6.07, 6.45) is 5.49. The van der Waals surface area contributed by atoms with Gasteiger partial charge < -0.3 is 0 Å². The lowest BCUT2D eigenvalue weighted by atomic mass is 9.79. The molecule has 0 heterocycles. The zero-order valence-corrected chi connectivity index (χ0v) is 13.0. The molecule has 0 saturated heterocycles. The van der Waals surface area contributed by atoms with E-state index in [1.165, 1.54) is 25.7 Å². The van der Waals surface area contributed by atoms with E-state index >= 15 is 0 Å². The van der Waals surface area contributed by atoms with E-state index in [1.54, 1.807) is 0 Å². The summed E-state index contributed by atoms with van der Waals surface area (Å²) in [6, 6.07) is 0. The predicted molar refractivity (Wildman–Crippen MR) is 75.7 cm³/mol. The van der Waals surface area contributed by atoms with Gasteiger partial charge in [-0.25, -0.2) is 0 Å². The maximum absolute atomic E-state index is 2.42. The fraction of sp³-hybridized carbons (Fsp3) is 1.00. The van der Waals surface area contributed by atoms with Crippen molar-refractivity contribution in [3.05, 3.63) is 0 Å². The van der Waals surface area contributed by atoms with Crippen LogP contribution in [0.4, 0.5) is 0 Å². The normalized spacial score (nSPS) is 17.2. The lowest BCUT2D eigenvalue weighted by Crippen LogP contribution is -2.14. The summed E-state index contributed by atoms with van der Waals surface area (Å²) in [5, 5.41) is 0. The van der Waals surface area contributed by atoms with Gasteiger partial charge in [-0.1, -0.05) is 61.8 Å². The van der Waals surface area contributed by atoms with E-state index in [2.05, 4.69) is 55.4 Å². The first kappa shape index (κ1) is 16.0. The topological polar surface area (TPSA) is 0 Å². The first-order valence-corrected chi connectivity index (χ1v) is 6.99. The Morgan fingerprint density at radius 2 is 1.25 bits per heavy atom. The van der Waals surface area contributed by atoms with Crippen LogP contribution in [0.15, 0.2) is 0 Å². The summed E-state index contributed by atoms with van der Waals surface area (Å²) in [7, 11) is 0. The Balaban J connectivity index is 3.83. The van der Waals surface area contributed by atoms with Crippen LogP contribution in [0.3, 0.4) is 0 Å². The Hall–Kier alpha value is 0. The molecule has 0 saturated carbocycles. The lowest BCUT2D eigenvalue weighted by molar-refractivity contribution is 0.252. The molecular formula is C16H34. The summed E-state index contributed by atoms with van der Waals surface area (Å²) in [4.78, 5) is 0. The number of rotatable bonds is 5. The largest absolute Gasteiger partial charge is 0.0625 e. The fourth-order valence-corrected chi connectivity index (χ4v) is 2.61. The van der Waals surface area contributed by atoms with Crippen LogP contribution in [0.1, 0.15) is 81.1 Å². The molecular weight excluding hydrogens is 192 g/mol. The summed E-state index contributed by atoms with van der Waals surface area (Å²) in [5.41, 5.74) is 0.991. The van der Waals surface area contributed by atoms with Gasteiger partial charge in [0.15, 0.2) is 0 Å². The van der Waals surface area contributed by atoms with Crippen molar-refractivity contribution in [3.8, 4) is 0 Å². The highest BCUT2D eigenvalue weighted by molar-refractivity contribution is 4.70. The molecule has 0 nitrogen and oxygen atoms in total. The first-order valence-electron chi connectivity index (χ1n) is 6.99. The molecule has 0 aliphatic heterocycles. The quantitative estimate of drug-likeness (QED) is 0.546. The van der Waals surface area contributed by atoms with Gasteiger partial charge in [-0.15, -0.1) is 0 Å². The second-order valence-electron chi connectivity index (χ2n) is 8.31.